The van der Waals surface area contributed by atoms with Gasteiger partial charge in [-0.1, -0.05) is 54.6 Å². The van der Waals surface area contributed by atoms with Gasteiger partial charge in [0.1, 0.15) is 0 Å². The molecule has 0 unspecified atom stereocenters. The fourth-order valence-corrected chi connectivity index (χ4v) is 2.20. The topological polar surface area (TPSA) is 38.7 Å². The number of nitrogens with zero attached hydrogens (tertiary/aromatic N) is 1. The first kappa shape index (κ1) is 13.3. The molecule has 2 aromatic carbocycles. The standard InChI is InChI=1S/C18H15NO2/c1-13-7-5-6-10-15(13)12-16-18(20)21-17(19-16)11-14-8-3-2-4-9-14/h2-10,12H,11H2,1H3/b16-12-. The van der Waals surface area contributed by atoms with E-state index in [1.54, 1.807) is 6.08 Å². The Labute approximate surface area is 123 Å². The number of cyclic esters (lactones) is 1. The Kier molecular flexibility index (Phi) is 3.65. The molecule has 0 spiro atoms. The van der Waals surface area contributed by atoms with Gasteiger partial charge in [0.15, 0.2) is 5.70 Å². The molecule has 0 aliphatic carbocycles. The van der Waals surface area contributed by atoms with Crippen LogP contribution in [-0.4, -0.2) is 11.9 Å². The third-order valence-electron chi connectivity index (χ3n) is 3.34. The van der Waals surface area contributed by atoms with Crippen LogP contribution in [0.3, 0.4) is 0 Å². The lowest BCUT2D eigenvalue weighted by atomic mass is 10.1. The van der Waals surface area contributed by atoms with Crippen molar-refractivity contribution in [3.63, 3.8) is 0 Å². The first-order valence-electron chi connectivity index (χ1n) is 6.83. The van der Waals surface area contributed by atoms with Gasteiger partial charge in [-0.25, -0.2) is 9.79 Å². The smallest absolute Gasteiger partial charge is 0.363 e. The molecule has 3 heteroatoms. The molecule has 0 aromatic heterocycles. The second-order valence-corrected chi connectivity index (χ2v) is 4.94. The van der Waals surface area contributed by atoms with Crippen molar-refractivity contribution in [2.75, 3.05) is 0 Å². The van der Waals surface area contributed by atoms with Crippen LogP contribution in [0.15, 0.2) is 65.3 Å². The lowest BCUT2D eigenvalue weighted by Crippen LogP contribution is -2.06. The van der Waals surface area contributed by atoms with Gasteiger partial charge in [0.25, 0.3) is 0 Å². The molecule has 1 aliphatic rings. The van der Waals surface area contributed by atoms with Gasteiger partial charge in [-0.2, -0.15) is 0 Å². The normalized spacial score (nSPS) is 16.0. The summed E-state index contributed by atoms with van der Waals surface area (Å²) in [5.74, 6) is 0.0650. The molecule has 1 heterocycles. The molecule has 0 saturated heterocycles. The van der Waals surface area contributed by atoms with E-state index in [1.165, 1.54) is 0 Å². The fourth-order valence-electron chi connectivity index (χ4n) is 2.20. The predicted molar refractivity (Wildman–Crippen MR) is 82.8 cm³/mol. The molecular weight excluding hydrogens is 262 g/mol. The van der Waals surface area contributed by atoms with Crippen molar-refractivity contribution < 1.29 is 9.53 Å². The highest BCUT2D eigenvalue weighted by molar-refractivity contribution is 6.07. The molecule has 0 fully saturated rings. The zero-order valence-corrected chi connectivity index (χ0v) is 11.7. The Hall–Kier alpha value is -2.68. The minimum atomic E-state index is -0.385. The summed E-state index contributed by atoms with van der Waals surface area (Å²) >= 11 is 0. The minimum Gasteiger partial charge on any atom is -0.406 e. The van der Waals surface area contributed by atoms with Gasteiger partial charge in [-0.05, 0) is 29.7 Å². The van der Waals surface area contributed by atoms with Crippen LogP contribution in [0.2, 0.25) is 0 Å². The molecule has 1 aliphatic heterocycles. The van der Waals surface area contributed by atoms with Gasteiger partial charge in [-0.3, -0.25) is 0 Å². The molecule has 0 amide bonds. The Balaban J connectivity index is 1.84. The number of benzene rings is 2. The van der Waals surface area contributed by atoms with Crippen LogP contribution in [0.1, 0.15) is 16.7 Å². The SMILES string of the molecule is Cc1ccccc1/C=C1\N=C(Cc2ccccc2)OC1=O. The molecular formula is C18H15NO2. The van der Waals surface area contributed by atoms with Crippen molar-refractivity contribution in [2.45, 2.75) is 13.3 Å². The number of aryl methyl sites for hydroxylation is 1. The van der Waals surface area contributed by atoms with E-state index in [0.29, 0.717) is 18.0 Å². The van der Waals surface area contributed by atoms with Crippen LogP contribution in [0.5, 0.6) is 0 Å². The lowest BCUT2D eigenvalue weighted by Gasteiger charge is -1.99. The zero-order chi connectivity index (χ0) is 14.7. The number of aliphatic imine (C=N–C) groups is 1. The number of hydrogen-bond donors (Lipinski definition) is 0. The van der Waals surface area contributed by atoms with Gasteiger partial charge in [0.2, 0.25) is 5.90 Å². The van der Waals surface area contributed by atoms with Crippen molar-refractivity contribution in [3.05, 3.63) is 77.0 Å². The number of carbonyl (C=O) groups is 1. The molecule has 2 aromatic rings. The average molecular weight is 277 g/mol. The van der Waals surface area contributed by atoms with E-state index in [1.807, 2.05) is 61.5 Å². The summed E-state index contributed by atoms with van der Waals surface area (Å²) in [4.78, 5) is 16.2. The summed E-state index contributed by atoms with van der Waals surface area (Å²) in [7, 11) is 0. The molecule has 0 bridgehead atoms. The second-order valence-electron chi connectivity index (χ2n) is 4.94. The number of esters is 1. The van der Waals surface area contributed by atoms with E-state index in [-0.39, 0.29) is 5.97 Å². The minimum absolute atomic E-state index is 0.357. The molecule has 0 saturated carbocycles. The van der Waals surface area contributed by atoms with Gasteiger partial charge in [0.05, 0.1) is 0 Å². The lowest BCUT2D eigenvalue weighted by molar-refractivity contribution is -0.130. The Morgan fingerprint density at radius 3 is 2.52 bits per heavy atom. The van der Waals surface area contributed by atoms with Crippen LogP contribution < -0.4 is 0 Å². The van der Waals surface area contributed by atoms with E-state index in [9.17, 15) is 4.79 Å². The third-order valence-corrected chi connectivity index (χ3v) is 3.34. The maximum atomic E-state index is 11.9. The van der Waals surface area contributed by atoms with E-state index in [4.69, 9.17) is 4.74 Å². The number of carbonyl (C=O) groups excluding carboxylic acids is 1. The van der Waals surface area contributed by atoms with E-state index in [2.05, 4.69) is 4.99 Å². The summed E-state index contributed by atoms with van der Waals surface area (Å²) in [5, 5.41) is 0. The van der Waals surface area contributed by atoms with Gasteiger partial charge in [-0.15, -0.1) is 0 Å². The number of hydrogen-bond acceptors (Lipinski definition) is 3. The summed E-state index contributed by atoms with van der Waals surface area (Å²) in [6, 6.07) is 17.7. The highest BCUT2D eigenvalue weighted by Crippen LogP contribution is 2.19. The molecule has 0 radical (unpaired) electrons. The van der Waals surface area contributed by atoms with Gasteiger partial charge in [0, 0.05) is 6.42 Å². The first-order valence-corrected chi connectivity index (χ1v) is 6.83. The molecule has 3 rings (SSSR count). The zero-order valence-electron chi connectivity index (χ0n) is 11.7. The predicted octanol–water partition coefficient (Wildman–Crippen LogP) is 3.53. The van der Waals surface area contributed by atoms with E-state index >= 15 is 0 Å². The van der Waals surface area contributed by atoms with Crippen molar-refractivity contribution in [3.8, 4) is 0 Å². The average Bonchev–Trinajstić information content (AvgIpc) is 2.82. The maximum Gasteiger partial charge on any atom is 0.363 e. The maximum absolute atomic E-state index is 11.9. The summed E-state index contributed by atoms with van der Waals surface area (Å²) < 4.78 is 5.23. The highest BCUT2D eigenvalue weighted by Gasteiger charge is 2.22. The summed E-state index contributed by atoms with van der Waals surface area (Å²) in [6.45, 7) is 2.00. The Bertz CT molecular complexity index is 730. The fraction of sp³-hybridized carbons (Fsp3) is 0.111. The van der Waals surface area contributed by atoms with Crippen LogP contribution in [-0.2, 0) is 16.0 Å². The Morgan fingerprint density at radius 2 is 1.76 bits per heavy atom. The number of ether oxygens (including phenoxy) is 1. The quantitative estimate of drug-likeness (QED) is 0.636. The van der Waals surface area contributed by atoms with Crippen molar-refractivity contribution >= 4 is 17.9 Å². The van der Waals surface area contributed by atoms with Crippen molar-refractivity contribution in [1.82, 2.24) is 0 Å². The molecule has 3 nitrogen and oxygen atoms in total. The van der Waals surface area contributed by atoms with E-state index in [0.717, 1.165) is 16.7 Å². The van der Waals surface area contributed by atoms with Gasteiger partial charge < -0.3 is 4.74 Å². The number of rotatable bonds is 3. The molecule has 104 valence electrons. The molecule has 0 atom stereocenters. The highest BCUT2D eigenvalue weighted by atomic mass is 16.6. The third kappa shape index (κ3) is 3.08. The monoisotopic (exact) mass is 277 g/mol. The van der Waals surface area contributed by atoms with Crippen LogP contribution in [0.25, 0.3) is 6.08 Å². The van der Waals surface area contributed by atoms with Crippen LogP contribution in [0.4, 0.5) is 0 Å². The first-order chi connectivity index (χ1) is 10.2. The Morgan fingerprint density at radius 1 is 1.05 bits per heavy atom. The summed E-state index contributed by atoms with van der Waals surface area (Å²) in [5.41, 5.74) is 3.51. The largest absolute Gasteiger partial charge is 0.406 e. The van der Waals surface area contributed by atoms with Crippen molar-refractivity contribution in [1.29, 1.82) is 0 Å². The molecule has 0 N–H and O–H groups in total. The van der Waals surface area contributed by atoms with Crippen LogP contribution in [0, 0.1) is 6.92 Å². The van der Waals surface area contributed by atoms with E-state index < -0.39 is 0 Å². The van der Waals surface area contributed by atoms with Crippen molar-refractivity contribution in [2.24, 2.45) is 4.99 Å². The molecule has 21 heavy (non-hydrogen) atoms. The second kappa shape index (κ2) is 5.75. The van der Waals surface area contributed by atoms with Crippen LogP contribution >= 0.6 is 0 Å². The van der Waals surface area contributed by atoms with Gasteiger partial charge >= 0.3 is 5.97 Å². The summed E-state index contributed by atoms with van der Waals surface area (Å²) in [6.07, 6.45) is 2.30.